The lowest BCUT2D eigenvalue weighted by Gasteiger charge is -2.11. The Balaban J connectivity index is 4.08. The van der Waals surface area contributed by atoms with Crippen molar-refractivity contribution in [3.05, 3.63) is 0 Å². The van der Waals surface area contributed by atoms with Crippen molar-refractivity contribution in [3.8, 4) is 0 Å². The van der Waals surface area contributed by atoms with E-state index in [9.17, 15) is 13.2 Å². The van der Waals surface area contributed by atoms with Gasteiger partial charge in [-0.25, -0.2) is 0 Å². The number of hydrogen-bond donors (Lipinski definition) is 2. The van der Waals surface area contributed by atoms with Gasteiger partial charge in [0.2, 0.25) is 0 Å². The van der Waals surface area contributed by atoms with E-state index in [0.29, 0.717) is 6.42 Å². The van der Waals surface area contributed by atoms with Crippen LogP contribution in [0, 0.1) is 0 Å². The number of rotatable bonds is 10. The number of nitrogens with one attached hydrogen (secondary N) is 1. The topological polar surface area (TPSA) is 83.5 Å². The van der Waals surface area contributed by atoms with Crippen LogP contribution in [0.25, 0.3) is 0 Å². The lowest BCUT2D eigenvalue weighted by atomic mass is 10.1. The quantitative estimate of drug-likeness (QED) is 0.461. The standard InChI is InChI=1S/C11H23NO4S/c1-3-4-5-6-7-8-10(13)11(9-12-2)17(14,15)16/h11-12H,3-9H2,1-2H3,(H,14,15,16). The molecule has 0 aliphatic rings. The average molecular weight is 265 g/mol. The van der Waals surface area contributed by atoms with Crippen LogP contribution in [0.5, 0.6) is 0 Å². The highest BCUT2D eigenvalue weighted by atomic mass is 32.2. The predicted octanol–water partition coefficient (Wildman–Crippen LogP) is 1.39. The van der Waals surface area contributed by atoms with Gasteiger partial charge in [-0.1, -0.05) is 32.6 Å². The highest BCUT2D eigenvalue weighted by molar-refractivity contribution is 7.87. The molecule has 6 heteroatoms. The Hall–Kier alpha value is -0.460. The summed E-state index contributed by atoms with van der Waals surface area (Å²) >= 11 is 0. The van der Waals surface area contributed by atoms with Gasteiger partial charge in [0.1, 0.15) is 0 Å². The van der Waals surface area contributed by atoms with Gasteiger partial charge >= 0.3 is 0 Å². The number of unbranched alkanes of at least 4 members (excludes halogenated alkanes) is 4. The molecular weight excluding hydrogens is 242 g/mol. The zero-order valence-electron chi connectivity index (χ0n) is 10.6. The Kier molecular flexibility index (Phi) is 8.37. The molecule has 0 radical (unpaired) electrons. The number of carbonyl (C=O) groups is 1. The zero-order valence-corrected chi connectivity index (χ0v) is 11.4. The first-order valence-electron chi connectivity index (χ1n) is 6.07. The summed E-state index contributed by atoms with van der Waals surface area (Å²) in [5.74, 6) is -0.404. The third-order valence-corrected chi connectivity index (χ3v) is 3.78. The SMILES string of the molecule is CCCCCCCC(=O)C(CNC)S(=O)(=O)O. The van der Waals surface area contributed by atoms with Gasteiger partial charge < -0.3 is 5.32 Å². The largest absolute Gasteiger partial charge is 0.318 e. The molecule has 0 amide bonds. The lowest BCUT2D eigenvalue weighted by molar-refractivity contribution is -0.118. The zero-order chi connectivity index (χ0) is 13.3. The second-order valence-corrected chi connectivity index (χ2v) is 5.79. The van der Waals surface area contributed by atoms with Crippen LogP contribution in [0.4, 0.5) is 0 Å². The van der Waals surface area contributed by atoms with Crippen LogP contribution >= 0.6 is 0 Å². The third kappa shape index (κ3) is 7.46. The Morgan fingerprint density at radius 3 is 2.29 bits per heavy atom. The number of hydrogen-bond acceptors (Lipinski definition) is 4. The fourth-order valence-corrected chi connectivity index (χ4v) is 2.46. The van der Waals surface area contributed by atoms with Crippen molar-refractivity contribution < 1.29 is 17.8 Å². The van der Waals surface area contributed by atoms with Gasteiger partial charge in [0.05, 0.1) is 0 Å². The Bertz CT molecular complexity index is 313. The molecular formula is C11H23NO4S. The Morgan fingerprint density at radius 1 is 1.24 bits per heavy atom. The van der Waals surface area contributed by atoms with Gasteiger partial charge in [-0.3, -0.25) is 9.35 Å². The molecule has 0 fully saturated rings. The minimum absolute atomic E-state index is 0.0351. The predicted molar refractivity (Wildman–Crippen MR) is 67.6 cm³/mol. The molecule has 1 atom stereocenters. The first kappa shape index (κ1) is 16.5. The van der Waals surface area contributed by atoms with Crippen molar-refractivity contribution in [2.45, 2.75) is 50.7 Å². The monoisotopic (exact) mass is 265 g/mol. The molecule has 2 N–H and O–H groups in total. The number of Topliss-reactive ketones (excluding diaryl/α,β-unsaturated/α-hetero) is 1. The summed E-state index contributed by atoms with van der Waals surface area (Å²) in [7, 11) is -2.74. The molecule has 0 bridgehead atoms. The van der Waals surface area contributed by atoms with Crippen molar-refractivity contribution in [1.29, 1.82) is 0 Å². The van der Waals surface area contributed by atoms with Crippen molar-refractivity contribution in [3.63, 3.8) is 0 Å². The molecule has 0 aromatic heterocycles. The molecule has 0 saturated heterocycles. The molecule has 0 rings (SSSR count). The molecule has 5 nitrogen and oxygen atoms in total. The van der Waals surface area contributed by atoms with E-state index in [4.69, 9.17) is 4.55 Å². The van der Waals surface area contributed by atoms with Gasteiger partial charge in [-0.15, -0.1) is 0 Å². The average Bonchev–Trinajstić information content (AvgIpc) is 2.23. The fourth-order valence-electron chi connectivity index (χ4n) is 1.63. The maximum absolute atomic E-state index is 11.6. The van der Waals surface area contributed by atoms with Crippen molar-refractivity contribution in [2.24, 2.45) is 0 Å². The second-order valence-electron chi connectivity index (χ2n) is 4.19. The van der Waals surface area contributed by atoms with Gasteiger partial charge in [0.25, 0.3) is 10.1 Å². The third-order valence-electron chi connectivity index (χ3n) is 2.63. The van der Waals surface area contributed by atoms with E-state index >= 15 is 0 Å². The highest BCUT2D eigenvalue weighted by Crippen LogP contribution is 2.09. The van der Waals surface area contributed by atoms with Crippen LogP contribution in [0.1, 0.15) is 45.4 Å². The van der Waals surface area contributed by atoms with Gasteiger partial charge in [-0.05, 0) is 13.5 Å². The van der Waals surface area contributed by atoms with E-state index in [1.807, 2.05) is 0 Å². The molecule has 0 spiro atoms. The van der Waals surface area contributed by atoms with Crippen molar-refractivity contribution in [1.82, 2.24) is 5.32 Å². The summed E-state index contributed by atoms with van der Waals surface area (Å²) in [5.41, 5.74) is 0. The summed E-state index contributed by atoms with van der Waals surface area (Å²) in [6.07, 6.45) is 5.15. The Labute approximate surface area is 104 Å². The van der Waals surface area contributed by atoms with Crippen LogP contribution < -0.4 is 5.32 Å². The van der Waals surface area contributed by atoms with Gasteiger partial charge in [-0.2, -0.15) is 8.42 Å². The smallest absolute Gasteiger partial charge is 0.276 e. The number of carbonyl (C=O) groups excluding carboxylic acids is 1. The molecule has 102 valence electrons. The molecule has 0 aromatic rings. The minimum Gasteiger partial charge on any atom is -0.318 e. The maximum Gasteiger partial charge on any atom is 0.276 e. The van der Waals surface area contributed by atoms with Crippen LogP contribution in [-0.4, -0.2) is 37.6 Å². The van der Waals surface area contributed by atoms with Gasteiger partial charge in [0.15, 0.2) is 11.0 Å². The van der Waals surface area contributed by atoms with Crippen molar-refractivity contribution >= 4 is 15.9 Å². The summed E-state index contributed by atoms with van der Waals surface area (Å²) in [4.78, 5) is 11.6. The van der Waals surface area contributed by atoms with Crippen LogP contribution in [0.3, 0.4) is 0 Å². The summed E-state index contributed by atoms with van der Waals surface area (Å²) in [6, 6.07) is 0. The number of ketones is 1. The molecule has 0 saturated carbocycles. The highest BCUT2D eigenvalue weighted by Gasteiger charge is 2.29. The van der Waals surface area contributed by atoms with Crippen LogP contribution in [0.2, 0.25) is 0 Å². The normalized spacial score (nSPS) is 13.6. The van der Waals surface area contributed by atoms with Crippen molar-refractivity contribution in [2.75, 3.05) is 13.6 Å². The van der Waals surface area contributed by atoms with E-state index in [1.54, 1.807) is 7.05 Å². The second kappa shape index (κ2) is 8.60. The van der Waals surface area contributed by atoms with E-state index in [0.717, 1.165) is 25.7 Å². The molecule has 0 aromatic carbocycles. The Morgan fingerprint density at radius 2 is 1.82 bits per heavy atom. The lowest BCUT2D eigenvalue weighted by Crippen LogP contribution is -2.38. The molecule has 0 heterocycles. The van der Waals surface area contributed by atoms with E-state index in [1.165, 1.54) is 0 Å². The molecule has 0 aliphatic carbocycles. The maximum atomic E-state index is 11.6. The summed E-state index contributed by atoms with van der Waals surface area (Å²) in [6.45, 7) is 2.07. The van der Waals surface area contributed by atoms with Crippen LogP contribution in [-0.2, 0) is 14.9 Å². The fraction of sp³-hybridized carbons (Fsp3) is 0.909. The van der Waals surface area contributed by atoms with E-state index < -0.39 is 21.2 Å². The first-order valence-corrected chi connectivity index (χ1v) is 7.57. The molecule has 0 aliphatic heterocycles. The van der Waals surface area contributed by atoms with Gasteiger partial charge in [0, 0.05) is 13.0 Å². The summed E-state index contributed by atoms with van der Waals surface area (Å²) in [5, 5.41) is 1.29. The molecule has 1 unspecified atom stereocenters. The first-order chi connectivity index (χ1) is 7.93. The van der Waals surface area contributed by atoms with E-state index in [-0.39, 0.29) is 13.0 Å². The molecule has 17 heavy (non-hydrogen) atoms. The van der Waals surface area contributed by atoms with E-state index in [2.05, 4.69) is 12.2 Å². The minimum atomic E-state index is -4.29. The van der Waals surface area contributed by atoms with Crippen LogP contribution in [0.15, 0.2) is 0 Å². The summed E-state index contributed by atoms with van der Waals surface area (Å²) < 4.78 is 30.9.